The maximum Gasteiger partial charge on any atom is 0.255 e. The minimum absolute atomic E-state index is 0.116. The van der Waals surface area contributed by atoms with Gasteiger partial charge in [0.2, 0.25) is 0 Å². The molecule has 0 aromatic carbocycles. The van der Waals surface area contributed by atoms with Gasteiger partial charge in [-0.1, -0.05) is 0 Å². The standard InChI is InChI=1S/C28H32N6O2/c1-18(2)32-23-13-24(25-5-4-21-12-20(15-29)16-31-34(21)25)30-17-22(23)26(36)33-28-9-6-27(7-10-28,8-11-28)14-19(3)35/h4-5,12-13,16-18H,6-11,14H2,1-3H3,(H,30,32)(H,33,36). The van der Waals surface area contributed by atoms with Gasteiger partial charge in [0.15, 0.2) is 0 Å². The van der Waals surface area contributed by atoms with Crippen molar-refractivity contribution >= 4 is 22.9 Å². The van der Waals surface area contributed by atoms with Gasteiger partial charge in [-0.05, 0) is 89.0 Å². The molecule has 6 rings (SSSR count). The zero-order valence-electron chi connectivity index (χ0n) is 21.1. The van der Waals surface area contributed by atoms with E-state index in [0.717, 1.165) is 55.4 Å². The summed E-state index contributed by atoms with van der Waals surface area (Å²) in [5.41, 5.74) is 3.96. The first-order valence-electron chi connectivity index (χ1n) is 12.7. The minimum atomic E-state index is -0.205. The molecule has 3 aliphatic rings. The lowest BCUT2D eigenvalue weighted by Gasteiger charge is -2.53. The minimum Gasteiger partial charge on any atom is -0.382 e. The number of nitrogens with one attached hydrogen (secondary N) is 2. The van der Waals surface area contributed by atoms with Gasteiger partial charge in [-0.15, -0.1) is 0 Å². The van der Waals surface area contributed by atoms with E-state index in [9.17, 15) is 9.59 Å². The summed E-state index contributed by atoms with van der Waals surface area (Å²) in [6.45, 7) is 5.76. The van der Waals surface area contributed by atoms with Crippen LogP contribution in [0, 0.1) is 16.7 Å². The first-order chi connectivity index (χ1) is 17.2. The Morgan fingerprint density at radius 2 is 1.83 bits per heavy atom. The number of pyridine rings is 1. The zero-order valence-corrected chi connectivity index (χ0v) is 21.1. The molecule has 3 heterocycles. The summed E-state index contributed by atoms with van der Waals surface area (Å²) in [7, 11) is 0. The third kappa shape index (κ3) is 4.46. The summed E-state index contributed by atoms with van der Waals surface area (Å²) in [5, 5.41) is 20.3. The van der Waals surface area contributed by atoms with Gasteiger partial charge < -0.3 is 15.4 Å². The van der Waals surface area contributed by atoms with Gasteiger partial charge in [-0.2, -0.15) is 10.4 Å². The van der Waals surface area contributed by atoms with Crippen molar-refractivity contribution in [1.82, 2.24) is 19.9 Å². The molecule has 3 aromatic rings. The number of amides is 1. The van der Waals surface area contributed by atoms with Crippen LogP contribution in [0.4, 0.5) is 5.69 Å². The van der Waals surface area contributed by atoms with E-state index in [1.165, 1.54) is 6.20 Å². The Kier molecular flexibility index (Phi) is 6.03. The molecule has 186 valence electrons. The number of ketones is 1. The van der Waals surface area contributed by atoms with Crippen molar-refractivity contribution in [1.29, 1.82) is 5.26 Å². The van der Waals surface area contributed by atoms with Crippen molar-refractivity contribution in [3.05, 3.63) is 47.8 Å². The predicted molar refractivity (Wildman–Crippen MR) is 138 cm³/mol. The van der Waals surface area contributed by atoms with Crippen LogP contribution in [-0.4, -0.2) is 37.9 Å². The number of rotatable bonds is 7. The molecule has 3 fully saturated rings. The normalized spacial score (nSPS) is 23.0. The third-order valence-corrected chi connectivity index (χ3v) is 7.89. The van der Waals surface area contributed by atoms with E-state index in [0.29, 0.717) is 23.2 Å². The van der Waals surface area contributed by atoms with Gasteiger partial charge in [0, 0.05) is 24.2 Å². The van der Waals surface area contributed by atoms with Crippen molar-refractivity contribution < 1.29 is 9.59 Å². The lowest BCUT2D eigenvalue weighted by atomic mass is 9.56. The number of nitrogens with zero attached hydrogens (tertiary/aromatic N) is 4. The second kappa shape index (κ2) is 9.05. The number of carbonyl (C=O) groups is 2. The largest absolute Gasteiger partial charge is 0.382 e. The van der Waals surface area contributed by atoms with Crippen LogP contribution in [0.3, 0.4) is 0 Å². The zero-order chi connectivity index (χ0) is 25.5. The summed E-state index contributed by atoms with van der Waals surface area (Å²) < 4.78 is 1.75. The molecule has 0 unspecified atom stereocenters. The molecule has 3 saturated carbocycles. The molecule has 0 spiro atoms. The topological polar surface area (TPSA) is 112 Å². The van der Waals surface area contributed by atoms with E-state index < -0.39 is 0 Å². The van der Waals surface area contributed by atoms with Crippen molar-refractivity contribution in [3.8, 4) is 17.5 Å². The average molecular weight is 485 g/mol. The number of fused-ring (bicyclic) bond motifs is 4. The van der Waals surface area contributed by atoms with E-state index >= 15 is 0 Å². The molecule has 8 heteroatoms. The van der Waals surface area contributed by atoms with Crippen LogP contribution in [0.2, 0.25) is 0 Å². The van der Waals surface area contributed by atoms with Gasteiger partial charge in [-0.25, -0.2) is 4.52 Å². The summed E-state index contributed by atoms with van der Waals surface area (Å²) in [4.78, 5) is 29.9. The van der Waals surface area contributed by atoms with E-state index in [1.807, 2.05) is 32.0 Å². The Morgan fingerprint density at radius 1 is 1.11 bits per heavy atom. The summed E-state index contributed by atoms with van der Waals surface area (Å²) >= 11 is 0. The fourth-order valence-corrected chi connectivity index (χ4v) is 6.01. The molecule has 3 aromatic heterocycles. The van der Waals surface area contributed by atoms with Crippen LogP contribution >= 0.6 is 0 Å². The van der Waals surface area contributed by atoms with Crippen molar-refractivity contribution in [2.24, 2.45) is 5.41 Å². The van der Waals surface area contributed by atoms with Gasteiger partial charge in [0.25, 0.3) is 5.91 Å². The van der Waals surface area contributed by atoms with Crippen LogP contribution in [0.1, 0.15) is 81.6 Å². The number of anilines is 1. The molecular weight excluding hydrogens is 452 g/mol. The van der Waals surface area contributed by atoms with Gasteiger partial charge in [0.1, 0.15) is 11.9 Å². The Bertz CT molecular complexity index is 1360. The monoisotopic (exact) mass is 484 g/mol. The lowest BCUT2D eigenvalue weighted by Crippen LogP contribution is -2.57. The average Bonchev–Trinajstić information content (AvgIpc) is 3.27. The molecule has 36 heavy (non-hydrogen) atoms. The quantitative estimate of drug-likeness (QED) is 0.494. The van der Waals surface area contributed by atoms with E-state index in [4.69, 9.17) is 5.26 Å². The fraction of sp³-hybridized carbons (Fsp3) is 0.464. The maximum absolute atomic E-state index is 13.5. The highest BCUT2D eigenvalue weighted by molar-refractivity contribution is 6.00. The molecule has 0 saturated heterocycles. The highest BCUT2D eigenvalue weighted by Gasteiger charge is 2.49. The van der Waals surface area contributed by atoms with Crippen molar-refractivity contribution in [2.75, 3.05) is 5.32 Å². The Balaban J connectivity index is 1.41. The van der Waals surface area contributed by atoms with E-state index in [-0.39, 0.29) is 28.7 Å². The molecule has 3 aliphatic carbocycles. The molecule has 8 nitrogen and oxygen atoms in total. The van der Waals surface area contributed by atoms with Gasteiger partial charge in [-0.3, -0.25) is 9.78 Å². The van der Waals surface area contributed by atoms with E-state index in [2.05, 4.69) is 26.8 Å². The molecule has 1 amide bonds. The SMILES string of the molecule is CC(=O)CC12CCC(NC(=O)c3cnc(-c4ccc5cc(C#N)cnn45)cc3NC(C)C)(CC1)CC2. The number of hydrogen-bond acceptors (Lipinski definition) is 6. The molecule has 2 N–H and O–H groups in total. The van der Waals surface area contributed by atoms with Crippen molar-refractivity contribution in [3.63, 3.8) is 0 Å². The molecule has 0 aliphatic heterocycles. The number of nitriles is 1. The first kappa shape index (κ1) is 24.0. The van der Waals surface area contributed by atoms with Crippen molar-refractivity contribution in [2.45, 2.75) is 77.3 Å². The second-order valence-corrected chi connectivity index (χ2v) is 10.9. The summed E-state index contributed by atoms with van der Waals surface area (Å²) in [6.07, 6.45) is 9.54. The Labute approximate surface area is 211 Å². The highest BCUT2D eigenvalue weighted by Crippen LogP contribution is 2.54. The Hall–Kier alpha value is -3.73. The highest BCUT2D eigenvalue weighted by atomic mass is 16.2. The van der Waals surface area contributed by atoms with Crippen LogP contribution < -0.4 is 10.6 Å². The van der Waals surface area contributed by atoms with E-state index in [1.54, 1.807) is 23.7 Å². The number of Topliss-reactive ketones (excluding diaryl/α,β-unsaturated/α-hetero) is 1. The fourth-order valence-electron chi connectivity index (χ4n) is 6.01. The smallest absolute Gasteiger partial charge is 0.255 e. The number of aromatic nitrogens is 3. The molecule has 0 radical (unpaired) electrons. The predicted octanol–water partition coefficient (Wildman–Crippen LogP) is 4.89. The molecule has 0 atom stereocenters. The lowest BCUT2D eigenvalue weighted by molar-refractivity contribution is -0.121. The number of carbonyl (C=O) groups excluding carboxylic acids is 2. The maximum atomic E-state index is 13.5. The third-order valence-electron chi connectivity index (χ3n) is 7.89. The summed E-state index contributed by atoms with van der Waals surface area (Å²) in [6, 6.07) is 9.74. The Morgan fingerprint density at radius 3 is 2.47 bits per heavy atom. The van der Waals surface area contributed by atoms with Crippen LogP contribution in [0.15, 0.2) is 36.7 Å². The number of hydrogen-bond donors (Lipinski definition) is 2. The van der Waals surface area contributed by atoms with Gasteiger partial charge in [0.05, 0.1) is 39.9 Å². The first-order valence-corrected chi connectivity index (χ1v) is 12.7. The van der Waals surface area contributed by atoms with Crippen LogP contribution in [0.25, 0.3) is 16.9 Å². The molecular formula is C28H32N6O2. The van der Waals surface area contributed by atoms with Crippen LogP contribution in [0.5, 0.6) is 0 Å². The van der Waals surface area contributed by atoms with Crippen LogP contribution in [-0.2, 0) is 4.79 Å². The summed E-state index contributed by atoms with van der Waals surface area (Å²) in [5.74, 6) is 0.149. The second-order valence-electron chi connectivity index (χ2n) is 10.9. The molecule has 2 bridgehead atoms. The van der Waals surface area contributed by atoms with Gasteiger partial charge >= 0.3 is 0 Å².